The van der Waals surface area contributed by atoms with Gasteiger partial charge in [-0.1, -0.05) is 0 Å². The molecule has 140 valence electrons. The molecule has 5 nitrogen and oxygen atoms in total. The lowest BCUT2D eigenvalue weighted by atomic mass is 9.87. The van der Waals surface area contributed by atoms with Gasteiger partial charge in [-0.3, -0.25) is 4.79 Å². The average Bonchev–Trinajstić information content (AvgIpc) is 2.99. The predicted molar refractivity (Wildman–Crippen MR) is 106 cm³/mol. The van der Waals surface area contributed by atoms with Crippen LogP contribution in [0.2, 0.25) is 0 Å². The quantitative estimate of drug-likeness (QED) is 0.545. The molecule has 0 saturated heterocycles. The molecule has 0 radical (unpaired) electrons. The number of likely N-dealkylation sites (N-methyl/N-ethyl adjacent to an activating group) is 1. The number of carbonyl (C=O) groups excluding carboxylic acids is 1. The van der Waals surface area contributed by atoms with E-state index in [4.69, 9.17) is 9.47 Å². The van der Waals surface area contributed by atoms with Crippen LogP contribution in [0.15, 0.2) is 36.4 Å². The lowest BCUT2D eigenvalue weighted by Crippen LogP contribution is -2.23. The number of ether oxygens (including phenoxy) is 2. The Morgan fingerprint density at radius 1 is 1.04 bits per heavy atom. The third kappa shape index (κ3) is 2.88. The molecule has 3 aromatic rings. The van der Waals surface area contributed by atoms with Crippen LogP contribution in [0.3, 0.4) is 0 Å². The van der Waals surface area contributed by atoms with Crippen LogP contribution in [0, 0.1) is 0 Å². The molecule has 0 spiro atoms. The van der Waals surface area contributed by atoms with E-state index < -0.39 is 0 Å². The summed E-state index contributed by atoms with van der Waals surface area (Å²) in [6.07, 6.45) is 0.715. The molecule has 5 heteroatoms. The van der Waals surface area contributed by atoms with Crippen molar-refractivity contribution in [2.45, 2.75) is 13.0 Å². The van der Waals surface area contributed by atoms with Gasteiger partial charge in [0.05, 0.1) is 19.9 Å². The van der Waals surface area contributed by atoms with E-state index in [9.17, 15) is 4.79 Å². The number of nitrogens with zero attached hydrogens (tertiary/aromatic N) is 2. The first-order valence-corrected chi connectivity index (χ1v) is 9.09. The first-order valence-electron chi connectivity index (χ1n) is 9.09. The molecule has 4 rings (SSSR count). The number of benzene rings is 2. The maximum atomic E-state index is 13.4. The molecule has 0 amide bonds. The zero-order valence-electron chi connectivity index (χ0n) is 16.2. The standard InChI is InChI=1S/C22H24N2O3/c1-23(2)9-10-24-20-8-6-16(27-4)13-18(20)19-12-14-11-15(26-3)5-7-17(14)22(25)21(19)24/h5-8,11,13H,9-10,12H2,1-4H3. The predicted octanol–water partition coefficient (Wildman–Crippen LogP) is 3.36. The average molecular weight is 364 g/mol. The van der Waals surface area contributed by atoms with Gasteiger partial charge in [0, 0.05) is 36.0 Å². The van der Waals surface area contributed by atoms with E-state index in [1.54, 1.807) is 14.2 Å². The lowest BCUT2D eigenvalue weighted by molar-refractivity contribution is 0.102. The Labute approximate surface area is 159 Å². The SMILES string of the molecule is COc1ccc2c(c1)Cc1c(n(CCN(C)C)c3ccc(OC)cc13)C2=O. The molecule has 1 aromatic heterocycles. The minimum atomic E-state index is 0.0860. The van der Waals surface area contributed by atoms with E-state index in [0.29, 0.717) is 6.42 Å². The van der Waals surface area contributed by atoms with Gasteiger partial charge in [0.15, 0.2) is 0 Å². The monoisotopic (exact) mass is 364 g/mol. The van der Waals surface area contributed by atoms with E-state index in [1.165, 1.54) is 0 Å². The fourth-order valence-corrected chi connectivity index (χ4v) is 3.88. The van der Waals surface area contributed by atoms with E-state index in [-0.39, 0.29) is 5.78 Å². The van der Waals surface area contributed by atoms with Crippen molar-refractivity contribution in [3.05, 3.63) is 58.8 Å². The summed E-state index contributed by atoms with van der Waals surface area (Å²) >= 11 is 0. The molecule has 0 unspecified atom stereocenters. The number of fused-ring (bicyclic) bond motifs is 4. The zero-order valence-corrected chi connectivity index (χ0v) is 16.2. The molecule has 1 heterocycles. The molecule has 2 aromatic carbocycles. The van der Waals surface area contributed by atoms with Gasteiger partial charge in [0.2, 0.25) is 5.78 Å². The summed E-state index contributed by atoms with van der Waals surface area (Å²) in [6, 6.07) is 11.8. The van der Waals surface area contributed by atoms with Gasteiger partial charge < -0.3 is 18.9 Å². The second-order valence-electron chi connectivity index (χ2n) is 7.19. The fraction of sp³-hybridized carbons (Fsp3) is 0.318. The van der Waals surface area contributed by atoms with Crippen molar-refractivity contribution in [3.8, 4) is 11.5 Å². The first kappa shape index (κ1) is 17.6. The summed E-state index contributed by atoms with van der Waals surface area (Å²) in [4.78, 5) is 15.5. The molecule has 0 fully saturated rings. The van der Waals surface area contributed by atoms with Crippen LogP contribution >= 0.6 is 0 Å². The number of ketones is 1. The van der Waals surface area contributed by atoms with E-state index in [2.05, 4.69) is 15.5 Å². The van der Waals surface area contributed by atoms with Crippen molar-refractivity contribution < 1.29 is 14.3 Å². The Hall–Kier alpha value is -2.79. The molecule has 1 aliphatic rings. The second kappa shape index (κ2) is 6.74. The van der Waals surface area contributed by atoms with Gasteiger partial charge >= 0.3 is 0 Å². The number of methoxy groups -OCH3 is 2. The molecule has 0 saturated carbocycles. The Morgan fingerprint density at radius 3 is 2.44 bits per heavy atom. The van der Waals surface area contributed by atoms with Crippen molar-refractivity contribution in [1.82, 2.24) is 9.47 Å². The van der Waals surface area contributed by atoms with Gasteiger partial charge in [-0.2, -0.15) is 0 Å². The Morgan fingerprint density at radius 2 is 1.74 bits per heavy atom. The molecule has 1 aliphatic carbocycles. The lowest BCUT2D eigenvalue weighted by Gasteiger charge is -2.20. The van der Waals surface area contributed by atoms with Crippen molar-refractivity contribution >= 4 is 16.7 Å². The van der Waals surface area contributed by atoms with Gasteiger partial charge in [-0.05, 0) is 61.6 Å². The van der Waals surface area contributed by atoms with Crippen molar-refractivity contribution in [3.63, 3.8) is 0 Å². The number of aromatic nitrogens is 1. The summed E-state index contributed by atoms with van der Waals surface area (Å²) in [5, 5.41) is 1.09. The van der Waals surface area contributed by atoms with E-state index in [1.807, 2.05) is 44.4 Å². The van der Waals surface area contributed by atoms with Gasteiger partial charge in [0.1, 0.15) is 11.5 Å². The third-order valence-electron chi connectivity index (χ3n) is 5.29. The van der Waals surface area contributed by atoms with Crippen LogP contribution in [-0.2, 0) is 13.0 Å². The summed E-state index contributed by atoms with van der Waals surface area (Å²) in [5.74, 6) is 1.67. The number of rotatable bonds is 5. The van der Waals surface area contributed by atoms with Crippen LogP contribution in [0.4, 0.5) is 0 Å². The normalized spacial score (nSPS) is 13.0. The highest BCUT2D eigenvalue weighted by atomic mass is 16.5. The van der Waals surface area contributed by atoms with Crippen LogP contribution in [0.5, 0.6) is 11.5 Å². The second-order valence-corrected chi connectivity index (χ2v) is 7.19. The maximum absolute atomic E-state index is 13.4. The Kier molecular flexibility index (Phi) is 4.40. The Bertz CT molecular complexity index is 1030. The van der Waals surface area contributed by atoms with Gasteiger partial charge in [-0.15, -0.1) is 0 Å². The van der Waals surface area contributed by atoms with Crippen molar-refractivity contribution in [1.29, 1.82) is 0 Å². The molecular formula is C22H24N2O3. The number of hydrogen-bond donors (Lipinski definition) is 0. The molecule has 0 N–H and O–H groups in total. The van der Waals surface area contributed by atoms with E-state index in [0.717, 1.165) is 57.9 Å². The summed E-state index contributed by atoms with van der Waals surface area (Å²) in [6.45, 7) is 1.63. The molecule has 0 aliphatic heterocycles. The minimum Gasteiger partial charge on any atom is -0.497 e. The highest BCUT2D eigenvalue weighted by Crippen LogP contribution is 2.37. The van der Waals surface area contributed by atoms with Crippen LogP contribution in [0.1, 0.15) is 27.2 Å². The highest BCUT2D eigenvalue weighted by molar-refractivity contribution is 6.15. The van der Waals surface area contributed by atoms with Crippen LogP contribution < -0.4 is 9.47 Å². The molecule has 27 heavy (non-hydrogen) atoms. The van der Waals surface area contributed by atoms with Gasteiger partial charge in [0.25, 0.3) is 0 Å². The molecule has 0 atom stereocenters. The van der Waals surface area contributed by atoms with E-state index >= 15 is 0 Å². The minimum absolute atomic E-state index is 0.0860. The fourth-order valence-electron chi connectivity index (χ4n) is 3.88. The highest BCUT2D eigenvalue weighted by Gasteiger charge is 2.30. The molecular weight excluding hydrogens is 340 g/mol. The maximum Gasteiger partial charge on any atom is 0.210 e. The van der Waals surface area contributed by atoms with Gasteiger partial charge in [-0.25, -0.2) is 0 Å². The smallest absolute Gasteiger partial charge is 0.210 e. The summed E-state index contributed by atoms with van der Waals surface area (Å²) < 4.78 is 13.0. The topological polar surface area (TPSA) is 43.7 Å². The van der Waals surface area contributed by atoms with Crippen LogP contribution in [-0.4, -0.2) is 50.1 Å². The van der Waals surface area contributed by atoms with Crippen molar-refractivity contribution in [2.24, 2.45) is 0 Å². The summed E-state index contributed by atoms with van der Waals surface area (Å²) in [5.41, 5.74) is 4.74. The Balaban J connectivity index is 1.93. The van der Waals surface area contributed by atoms with Crippen LogP contribution in [0.25, 0.3) is 10.9 Å². The molecule has 0 bridgehead atoms. The van der Waals surface area contributed by atoms with Crippen molar-refractivity contribution in [2.75, 3.05) is 34.9 Å². The third-order valence-corrected chi connectivity index (χ3v) is 5.29. The number of hydrogen-bond acceptors (Lipinski definition) is 4. The zero-order chi connectivity index (χ0) is 19.1. The summed E-state index contributed by atoms with van der Waals surface area (Å²) in [7, 11) is 7.41. The largest absolute Gasteiger partial charge is 0.497 e. The number of carbonyl (C=O) groups is 1. The first-order chi connectivity index (χ1) is 13.0.